The molecule has 1 aromatic heterocycles. The number of hydrogen-bond donors (Lipinski definition) is 1. The monoisotopic (exact) mass is 288 g/mol. The Balaban J connectivity index is 1.80. The number of fused-ring (bicyclic) bond motifs is 2. The van der Waals surface area contributed by atoms with Crippen LogP contribution in [0.25, 0.3) is 0 Å². The van der Waals surface area contributed by atoms with Crippen LogP contribution in [0.1, 0.15) is 38.2 Å². The molecule has 4 nitrogen and oxygen atoms in total. The van der Waals surface area contributed by atoms with Crippen molar-refractivity contribution in [3.05, 3.63) is 30.1 Å². The van der Waals surface area contributed by atoms with Gasteiger partial charge in [0.25, 0.3) is 0 Å². The van der Waals surface area contributed by atoms with Crippen LogP contribution in [0.15, 0.2) is 24.5 Å². The fourth-order valence-electron chi connectivity index (χ4n) is 4.42. The van der Waals surface area contributed by atoms with Crippen LogP contribution >= 0.6 is 0 Å². The molecule has 2 bridgehead atoms. The maximum absolute atomic E-state index is 6.29. The van der Waals surface area contributed by atoms with Crippen LogP contribution < -0.4 is 5.73 Å². The van der Waals surface area contributed by atoms with Gasteiger partial charge < -0.3 is 10.6 Å². The van der Waals surface area contributed by atoms with Crippen LogP contribution in [0.5, 0.6) is 0 Å². The minimum Gasteiger partial charge on any atom is -0.329 e. The molecular weight excluding hydrogens is 260 g/mol. The third-order valence-corrected chi connectivity index (χ3v) is 5.77. The highest BCUT2D eigenvalue weighted by molar-refractivity contribution is 5.13. The lowest BCUT2D eigenvalue weighted by molar-refractivity contribution is -0.00125. The van der Waals surface area contributed by atoms with Crippen molar-refractivity contribution in [2.24, 2.45) is 5.73 Å². The Morgan fingerprint density at radius 2 is 1.90 bits per heavy atom. The van der Waals surface area contributed by atoms with Gasteiger partial charge in [0.15, 0.2) is 0 Å². The molecular formula is C17H28N4. The van der Waals surface area contributed by atoms with Gasteiger partial charge in [-0.1, -0.05) is 6.92 Å². The van der Waals surface area contributed by atoms with Gasteiger partial charge in [-0.15, -0.1) is 0 Å². The molecule has 2 fully saturated rings. The van der Waals surface area contributed by atoms with E-state index in [1.807, 2.05) is 12.4 Å². The Morgan fingerprint density at radius 1 is 1.29 bits per heavy atom. The molecule has 0 aliphatic carbocycles. The summed E-state index contributed by atoms with van der Waals surface area (Å²) in [7, 11) is 2.29. The van der Waals surface area contributed by atoms with Crippen molar-refractivity contribution in [1.29, 1.82) is 0 Å². The Bertz CT molecular complexity index is 447. The predicted molar refractivity (Wildman–Crippen MR) is 85.9 cm³/mol. The van der Waals surface area contributed by atoms with Gasteiger partial charge in [0.2, 0.25) is 0 Å². The maximum atomic E-state index is 6.29. The molecule has 2 atom stereocenters. The molecule has 21 heavy (non-hydrogen) atoms. The molecule has 3 heterocycles. The molecule has 0 saturated carbocycles. The SMILES string of the molecule is CCN(Cc1ccncc1)C1(CN)CC2CCC(C1)N2C. The summed E-state index contributed by atoms with van der Waals surface area (Å²) in [4.78, 5) is 9.33. The number of nitrogens with two attached hydrogens (primary N) is 1. The third kappa shape index (κ3) is 2.72. The molecule has 0 aromatic carbocycles. The molecule has 2 aliphatic rings. The van der Waals surface area contributed by atoms with E-state index < -0.39 is 0 Å². The largest absolute Gasteiger partial charge is 0.329 e. The van der Waals surface area contributed by atoms with E-state index in [2.05, 4.69) is 40.9 Å². The molecule has 2 aliphatic heterocycles. The van der Waals surface area contributed by atoms with Crippen LogP contribution in [-0.4, -0.2) is 52.5 Å². The average Bonchev–Trinajstić information content (AvgIpc) is 2.76. The molecule has 4 heteroatoms. The zero-order valence-electron chi connectivity index (χ0n) is 13.3. The number of likely N-dealkylation sites (N-methyl/N-ethyl adjacent to an activating group) is 1. The van der Waals surface area contributed by atoms with Crippen LogP contribution in [0.3, 0.4) is 0 Å². The lowest BCUT2D eigenvalue weighted by Gasteiger charge is -2.51. The number of rotatable bonds is 5. The van der Waals surface area contributed by atoms with Gasteiger partial charge >= 0.3 is 0 Å². The highest BCUT2D eigenvalue weighted by Gasteiger charge is 2.48. The molecule has 2 saturated heterocycles. The Kier molecular flexibility index (Phi) is 4.29. The number of pyridine rings is 1. The summed E-state index contributed by atoms with van der Waals surface area (Å²) in [6, 6.07) is 5.69. The van der Waals surface area contributed by atoms with E-state index in [0.717, 1.165) is 31.7 Å². The van der Waals surface area contributed by atoms with E-state index in [0.29, 0.717) is 0 Å². The highest BCUT2D eigenvalue weighted by Crippen LogP contribution is 2.42. The second-order valence-electron chi connectivity index (χ2n) is 6.76. The minimum atomic E-state index is 0.177. The topological polar surface area (TPSA) is 45.4 Å². The molecule has 0 spiro atoms. The van der Waals surface area contributed by atoms with Gasteiger partial charge in [0.05, 0.1) is 0 Å². The summed E-state index contributed by atoms with van der Waals surface area (Å²) < 4.78 is 0. The van der Waals surface area contributed by atoms with Crippen molar-refractivity contribution in [3.8, 4) is 0 Å². The normalized spacial score (nSPS) is 32.8. The van der Waals surface area contributed by atoms with E-state index in [-0.39, 0.29) is 5.54 Å². The second-order valence-corrected chi connectivity index (χ2v) is 6.76. The molecule has 3 rings (SSSR count). The molecule has 2 N–H and O–H groups in total. The number of nitrogens with zero attached hydrogens (tertiary/aromatic N) is 3. The third-order valence-electron chi connectivity index (χ3n) is 5.77. The Labute approximate surface area is 128 Å². The van der Waals surface area contributed by atoms with E-state index in [4.69, 9.17) is 5.73 Å². The summed E-state index contributed by atoms with van der Waals surface area (Å²) in [6.07, 6.45) is 8.89. The molecule has 1 aromatic rings. The Hall–Kier alpha value is -0.970. The summed E-state index contributed by atoms with van der Waals surface area (Å²) >= 11 is 0. The first-order valence-corrected chi connectivity index (χ1v) is 8.24. The summed E-state index contributed by atoms with van der Waals surface area (Å²) in [5.41, 5.74) is 7.81. The fraction of sp³-hybridized carbons (Fsp3) is 0.706. The summed E-state index contributed by atoms with van der Waals surface area (Å²) in [5, 5.41) is 0. The lowest BCUT2D eigenvalue weighted by Crippen LogP contribution is -2.61. The standard InChI is InChI=1S/C17H28N4/c1-3-21(12-14-6-8-19-9-7-14)17(13-18)10-15-4-5-16(11-17)20(15)2/h6-9,15-16H,3-5,10-13,18H2,1-2H3. The first-order valence-electron chi connectivity index (χ1n) is 8.24. The first kappa shape index (κ1) is 14.9. The summed E-state index contributed by atoms with van der Waals surface area (Å²) in [5.74, 6) is 0. The number of piperidine rings is 1. The van der Waals surface area contributed by atoms with Gasteiger partial charge in [-0.05, 0) is 57.0 Å². The predicted octanol–water partition coefficient (Wildman–Crippen LogP) is 1.86. The zero-order chi connectivity index (χ0) is 14.9. The highest BCUT2D eigenvalue weighted by atomic mass is 15.3. The van der Waals surface area contributed by atoms with Crippen LogP contribution in [-0.2, 0) is 6.54 Å². The van der Waals surface area contributed by atoms with Crippen molar-refractivity contribution in [3.63, 3.8) is 0 Å². The van der Waals surface area contributed by atoms with Crippen LogP contribution in [0.2, 0.25) is 0 Å². The summed E-state index contributed by atoms with van der Waals surface area (Å²) in [6.45, 7) is 5.08. The molecule has 0 amide bonds. The van der Waals surface area contributed by atoms with Crippen molar-refractivity contribution in [2.75, 3.05) is 20.1 Å². The van der Waals surface area contributed by atoms with E-state index in [1.54, 1.807) is 0 Å². The van der Waals surface area contributed by atoms with E-state index in [9.17, 15) is 0 Å². The quantitative estimate of drug-likeness (QED) is 0.898. The van der Waals surface area contributed by atoms with Crippen LogP contribution in [0, 0.1) is 0 Å². The van der Waals surface area contributed by atoms with Gasteiger partial charge in [0, 0.05) is 43.1 Å². The maximum Gasteiger partial charge on any atom is 0.0364 e. The van der Waals surface area contributed by atoms with Crippen molar-refractivity contribution in [1.82, 2.24) is 14.8 Å². The number of hydrogen-bond acceptors (Lipinski definition) is 4. The first-order chi connectivity index (χ1) is 10.2. The molecule has 2 unspecified atom stereocenters. The van der Waals surface area contributed by atoms with Gasteiger partial charge in [-0.25, -0.2) is 0 Å². The van der Waals surface area contributed by atoms with Gasteiger partial charge in [0.1, 0.15) is 0 Å². The zero-order valence-corrected chi connectivity index (χ0v) is 13.3. The van der Waals surface area contributed by atoms with Gasteiger partial charge in [-0.2, -0.15) is 0 Å². The van der Waals surface area contributed by atoms with Crippen LogP contribution in [0.4, 0.5) is 0 Å². The Morgan fingerprint density at radius 3 is 2.43 bits per heavy atom. The van der Waals surface area contributed by atoms with Gasteiger partial charge in [-0.3, -0.25) is 9.88 Å². The number of aromatic nitrogens is 1. The van der Waals surface area contributed by atoms with Crippen molar-refractivity contribution >= 4 is 0 Å². The molecule has 0 radical (unpaired) electrons. The van der Waals surface area contributed by atoms with E-state index in [1.165, 1.54) is 31.2 Å². The smallest absolute Gasteiger partial charge is 0.0364 e. The average molecular weight is 288 g/mol. The van der Waals surface area contributed by atoms with Crippen molar-refractivity contribution in [2.45, 2.75) is 56.8 Å². The molecule has 116 valence electrons. The van der Waals surface area contributed by atoms with Crippen molar-refractivity contribution < 1.29 is 0 Å². The fourth-order valence-corrected chi connectivity index (χ4v) is 4.42. The lowest BCUT2D eigenvalue weighted by atomic mass is 9.81. The van der Waals surface area contributed by atoms with E-state index >= 15 is 0 Å². The second kappa shape index (κ2) is 6.03. The minimum absolute atomic E-state index is 0.177.